The third kappa shape index (κ3) is 4.61. The van der Waals surface area contributed by atoms with E-state index < -0.39 is 17.4 Å². The number of carboxylic acids is 1. The lowest BCUT2D eigenvalue weighted by molar-refractivity contribution is -0.142. The number of nitrogens with one attached hydrogen (secondary N) is 1. The lowest BCUT2D eigenvalue weighted by atomic mass is 9.83. The minimum absolute atomic E-state index is 0.362. The second kappa shape index (κ2) is 7.85. The Labute approximate surface area is 136 Å². The molecule has 128 valence electrons. The minimum Gasteiger partial charge on any atom is -0.490 e. The van der Waals surface area contributed by atoms with Gasteiger partial charge < -0.3 is 19.9 Å². The first-order valence-corrected chi connectivity index (χ1v) is 7.67. The number of amides is 1. The van der Waals surface area contributed by atoms with E-state index in [-0.39, 0.29) is 5.91 Å². The summed E-state index contributed by atoms with van der Waals surface area (Å²) < 4.78 is 11.1. The van der Waals surface area contributed by atoms with E-state index in [0.717, 1.165) is 5.56 Å². The third-order valence-corrected chi connectivity index (χ3v) is 3.55. The van der Waals surface area contributed by atoms with Gasteiger partial charge in [-0.1, -0.05) is 6.07 Å². The van der Waals surface area contributed by atoms with E-state index in [9.17, 15) is 9.59 Å². The molecule has 2 N–H and O–H groups in total. The van der Waals surface area contributed by atoms with Crippen molar-refractivity contribution in [3.63, 3.8) is 0 Å². The Morgan fingerprint density at radius 3 is 2.26 bits per heavy atom. The highest BCUT2D eigenvalue weighted by Crippen LogP contribution is 2.34. The van der Waals surface area contributed by atoms with Gasteiger partial charge in [-0.25, -0.2) is 0 Å². The molecule has 0 fully saturated rings. The topological polar surface area (TPSA) is 84.9 Å². The average Bonchev–Trinajstić information content (AvgIpc) is 2.49. The molecule has 1 amide bonds. The summed E-state index contributed by atoms with van der Waals surface area (Å²) in [7, 11) is 0. The number of carboxylic acid groups (broad SMARTS) is 1. The highest BCUT2D eigenvalue weighted by atomic mass is 16.5. The predicted octanol–water partition coefficient (Wildman–Crippen LogP) is 2.35. The van der Waals surface area contributed by atoms with E-state index in [1.807, 2.05) is 13.8 Å². The van der Waals surface area contributed by atoms with Crippen LogP contribution in [0.2, 0.25) is 0 Å². The van der Waals surface area contributed by atoms with Crippen molar-refractivity contribution in [3.8, 4) is 11.5 Å². The first-order chi connectivity index (χ1) is 10.7. The van der Waals surface area contributed by atoms with Gasteiger partial charge in [0.15, 0.2) is 11.5 Å². The van der Waals surface area contributed by atoms with Crippen LogP contribution >= 0.6 is 0 Å². The van der Waals surface area contributed by atoms with Crippen molar-refractivity contribution in [2.75, 3.05) is 13.2 Å². The second-order valence-corrected chi connectivity index (χ2v) is 5.69. The van der Waals surface area contributed by atoms with E-state index in [4.69, 9.17) is 14.6 Å². The van der Waals surface area contributed by atoms with E-state index in [1.165, 1.54) is 6.92 Å². The molecule has 6 heteroatoms. The molecule has 1 aromatic rings. The quantitative estimate of drug-likeness (QED) is 0.767. The summed E-state index contributed by atoms with van der Waals surface area (Å²) in [5.74, 6) is -0.248. The monoisotopic (exact) mass is 323 g/mol. The van der Waals surface area contributed by atoms with Gasteiger partial charge in [-0.15, -0.1) is 0 Å². The van der Waals surface area contributed by atoms with Crippen LogP contribution in [0.15, 0.2) is 18.2 Å². The smallest absolute Gasteiger partial charge is 0.325 e. The Bertz CT molecular complexity index is 568. The van der Waals surface area contributed by atoms with Crippen molar-refractivity contribution < 1.29 is 24.2 Å². The van der Waals surface area contributed by atoms with E-state index in [1.54, 1.807) is 32.0 Å². The van der Waals surface area contributed by atoms with Crippen molar-refractivity contribution in [1.82, 2.24) is 5.32 Å². The molecule has 0 radical (unpaired) electrons. The highest BCUT2D eigenvalue weighted by Gasteiger charge is 2.32. The maximum absolute atomic E-state index is 12.4. The van der Waals surface area contributed by atoms with Gasteiger partial charge in [0.1, 0.15) is 6.04 Å². The average molecular weight is 323 g/mol. The Morgan fingerprint density at radius 2 is 1.74 bits per heavy atom. The molecule has 1 aromatic carbocycles. The SMILES string of the molecule is CCOc1ccc(C(C)(C)C(=O)NC(C)C(=O)O)cc1OCC. The van der Waals surface area contributed by atoms with Gasteiger partial charge in [0.2, 0.25) is 5.91 Å². The van der Waals surface area contributed by atoms with Gasteiger partial charge in [-0.2, -0.15) is 0 Å². The molecule has 0 heterocycles. The van der Waals surface area contributed by atoms with Crippen LogP contribution in [0.25, 0.3) is 0 Å². The molecule has 0 aliphatic rings. The van der Waals surface area contributed by atoms with Crippen molar-refractivity contribution in [3.05, 3.63) is 23.8 Å². The Morgan fingerprint density at radius 1 is 1.17 bits per heavy atom. The van der Waals surface area contributed by atoms with E-state index >= 15 is 0 Å². The summed E-state index contributed by atoms with van der Waals surface area (Å²) in [6.07, 6.45) is 0. The summed E-state index contributed by atoms with van der Waals surface area (Å²) in [5.41, 5.74) is -0.181. The predicted molar refractivity (Wildman–Crippen MR) is 87.0 cm³/mol. The Hall–Kier alpha value is -2.24. The summed E-state index contributed by atoms with van der Waals surface area (Å²) in [5, 5.41) is 11.4. The molecule has 6 nitrogen and oxygen atoms in total. The highest BCUT2D eigenvalue weighted by molar-refractivity contribution is 5.90. The fraction of sp³-hybridized carbons (Fsp3) is 0.529. The lowest BCUT2D eigenvalue weighted by Gasteiger charge is -2.26. The van der Waals surface area contributed by atoms with Crippen molar-refractivity contribution >= 4 is 11.9 Å². The maximum Gasteiger partial charge on any atom is 0.325 e. The summed E-state index contributed by atoms with van der Waals surface area (Å²) in [6.45, 7) is 9.65. The van der Waals surface area contributed by atoms with Crippen LogP contribution in [-0.4, -0.2) is 36.2 Å². The molecule has 1 unspecified atom stereocenters. The van der Waals surface area contributed by atoms with Crippen LogP contribution in [0.1, 0.15) is 40.2 Å². The summed E-state index contributed by atoms with van der Waals surface area (Å²) in [4.78, 5) is 23.3. The van der Waals surface area contributed by atoms with Gasteiger partial charge in [-0.3, -0.25) is 9.59 Å². The zero-order valence-electron chi connectivity index (χ0n) is 14.3. The van der Waals surface area contributed by atoms with Crippen LogP contribution < -0.4 is 14.8 Å². The normalized spacial score (nSPS) is 12.4. The fourth-order valence-electron chi connectivity index (χ4n) is 2.01. The minimum atomic E-state index is -1.07. The maximum atomic E-state index is 12.4. The molecule has 1 rings (SSSR count). The number of hydrogen-bond acceptors (Lipinski definition) is 4. The largest absolute Gasteiger partial charge is 0.490 e. The van der Waals surface area contributed by atoms with Crippen LogP contribution in [0, 0.1) is 0 Å². The number of carbonyl (C=O) groups excluding carboxylic acids is 1. The van der Waals surface area contributed by atoms with E-state index in [2.05, 4.69) is 5.32 Å². The Balaban J connectivity index is 3.09. The molecule has 1 atom stereocenters. The molecule has 0 saturated carbocycles. The fourth-order valence-corrected chi connectivity index (χ4v) is 2.01. The first-order valence-electron chi connectivity index (χ1n) is 7.67. The van der Waals surface area contributed by atoms with Crippen molar-refractivity contribution in [1.29, 1.82) is 0 Å². The van der Waals surface area contributed by atoms with Gasteiger partial charge in [-0.05, 0) is 52.3 Å². The lowest BCUT2D eigenvalue weighted by Crippen LogP contribution is -2.47. The van der Waals surface area contributed by atoms with Crippen LogP contribution in [-0.2, 0) is 15.0 Å². The van der Waals surface area contributed by atoms with Gasteiger partial charge in [0, 0.05) is 0 Å². The first kappa shape index (κ1) is 18.8. The van der Waals surface area contributed by atoms with Crippen molar-refractivity contribution in [2.45, 2.75) is 46.1 Å². The molecule has 0 spiro atoms. The number of aliphatic carboxylic acids is 1. The van der Waals surface area contributed by atoms with Crippen molar-refractivity contribution in [2.24, 2.45) is 0 Å². The van der Waals surface area contributed by atoms with Crippen LogP contribution in [0.4, 0.5) is 0 Å². The number of ether oxygens (including phenoxy) is 2. The number of rotatable bonds is 8. The number of benzene rings is 1. The zero-order chi connectivity index (χ0) is 17.6. The van der Waals surface area contributed by atoms with Crippen LogP contribution in [0.3, 0.4) is 0 Å². The molecular formula is C17H25NO5. The second-order valence-electron chi connectivity index (χ2n) is 5.69. The molecular weight excluding hydrogens is 298 g/mol. The molecule has 0 bridgehead atoms. The van der Waals surface area contributed by atoms with Gasteiger partial charge in [0.05, 0.1) is 18.6 Å². The van der Waals surface area contributed by atoms with E-state index in [0.29, 0.717) is 24.7 Å². The number of carbonyl (C=O) groups is 2. The van der Waals surface area contributed by atoms with Crippen LogP contribution in [0.5, 0.6) is 11.5 Å². The molecule has 0 aliphatic carbocycles. The molecule has 23 heavy (non-hydrogen) atoms. The Kier molecular flexibility index (Phi) is 6.42. The molecule has 0 aliphatic heterocycles. The van der Waals surface area contributed by atoms with Gasteiger partial charge in [0.25, 0.3) is 0 Å². The molecule has 0 saturated heterocycles. The standard InChI is InChI=1S/C17H25NO5/c1-6-22-13-9-8-12(10-14(13)23-7-2)17(4,5)16(21)18-11(3)15(19)20/h8-11H,6-7H2,1-5H3,(H,18,21)(H,19,20). The summed E-state index contributed by atoms with van der Waals surface area (Å²) >= 11 is 0. The van der Waals surface area contributed by atoms with Gasteiger partial charge >= 0.3 is 5.97 Å². The summed E-state index contributed by atoms with van der Waals surface area (Å²) in [6, 6.07) is 4.37. The third-order valence-electron chi connectivity index (χ3n) is 3.55. The zero-order valence-corrected chi connectivity index (χ0v) is 14.3. The molecule has 0 aromatic heterocycles. The number of hydrogen-bond donors (Lipinski definition) is 2.